The van der Waals surface area contributed by atoms with E-state index in [9.17, 15) is 28.3 Å². The first-order valence-electron chi connectivity index (χ1n) is 9.56. The van der Waals surface area contributed by atoms with E-state index in [-0.39, 0.29) is 45.7 Å². The summed E-state index contributed by atoms with van der Waals surface area (Å²) in [5.41, 5.74) is 0.211. The second kappa shape index (κ2) is 8.96. The average Bonchev–Trinajstić information content (AvgIpc) is 3.02. The Morgan fingerprint density at radius 2 is 1.91 bits per heavy atom. The summed E-state index contributed by atoms with van der Waals surface area (Å²) in [6.07, 6.45) is -0.313. The summed E-state index contributed by atoms with van der Waals surface area (Å²) in [5.74, 6) is -7.21. The SMILES string of the molecule is Cc1c(C(C)C(=O)NCCC(=O)O)c2c(F)c(O)c(F)cc2n1C(=O)c1cccc(Cl)c1. The molecule has 1 aromatic heterocycles. The number of carboxylic acid groups (broad SMARTS) is 1. The summed E-state index contributed by atoms with van der Waals surface area (Å²) in [6, 6.07) is 6.80. The fraction of sp³-hybridized carbons (Fsp3) is 0.227. The number of hydrogen-bond acceptors (Lipinski definition) is 4. The van der Waals surface area contributed by atoms with E-state index in [0.29, 0.717) is 0 Å². The smallest absolute Gasteiger partial charge is 0.305 e. The minimum absolute atomic E-state index is 0.0657. The summed E-state index contributed by atoms with van der Waals surface area (Å²) in [4.78, 5) is 36.5. The van der Waals surface area contributed by atoms with Crippen LogP contribution in [0, 0.1) is 18.6 Å². The third-order valence-electron chi connectivity index (χ3n) is 5.15. The molecular weight excluding hydrogens is 446 g/mol. The molecule has 3 aromatic rings. The first-order chi connectivity index (χ1) is 15.0. The molecule has 32 heavy (non-hydrogen) atoms. The lowest BCUT2D eigenvalue weighted by Crippen LogP contribution is -2.30. The molecule has 0 spiro atoms. The summed E-state index contributed by atoms with van der Waals surface area (Å²) < 4.78 is 30.2. The van der Waals surface area contributed by atoms with E-state index in [0.717, 1.165) is 10.6 Å². The Hall–Kier alpha value is -3.46. The van der Waals surface area contributed by atoms with Crippen LogP contribution < -0.4 is 5.32 Å². The van der Waals surface area contributed by atoms with Gasteiger partial charge in [-0.3, -0.25) is 19.0 Å². The van der Waals surface area contributed by atoms with Gasteiger partial charge in [0.05, 0.1) is 17.9 Å². The van der Waals surface area contributed by atoms with E-state index >= 15 is 0 Å². The number of nitrogens with zero attached hydrogens (tertiary/aromatic N) is 1. The van der Waals surface area contributed by atoms with Crippen LogP contribution in [0.15, 0.2) is 30.3 Å². The number of nitrogens with one attached hydrogen (secondary N) is 1. The molecule has 0 aliphatic heterocycles. The zero-order chi connectivity index (χ0) is 23.7. The number of aromatic hydroxyl groups is 1. The molecule has 0 radical (unpaired) electrons. The predicted octanol–water partition coefficient (Wildman–Crippen LogP) is 3.97. The van der Waals surface area contributed by atoms with Gasteiger partial charge in [-0.05, 0) is 37.6 Å². The Balaban J connectivity index is 2.20. The Labute approximate surface area is 186 Å². The van der Waals surface area contributed by atoms with Gasteiger partial charge in [-0.25, -0.2) is 8.78 Å². The number of fused-ring (bicyclic) bond motifs is 1. The van der Waals surface area contributed by atoms with Crippen LogP contribution in [0.3, 0.4) is 0 Å². The van der Waals surface area contributed by atoms with Crippen molar-refractivity contribution in [3.05, 3.63) is 63.8 Å². The van der Waals surface area contributed by atoms with Crippen molar-refractivity contribution >= 4 is 40.3 Å². The van der Waals surface area contributed by atoms with Crippen LogP contribution in [0.5, 0.6) is 5.75 Å². The molecule has 0 bridgehead atoms. The first-order valence-corrected chi connectivity index (χ1v) is 9.94. The lowest BCUT2D eigenvalue weighted by molar-refractivity contribution is -0.136. The molecule has 168 valence electrons. The van der Waals surface area contributed by atoms with Crippen molar-refractivity contribution in [2.75, 3.05) is 6.54 Å². The highest BCUT2D eigenvalue weighted by Crippen LogP contribution is 2.38. The normalized spacial score (nSPS) is 12.0. The number of amides is 1. The predicted molar refractivity (Wildman–Crippen MR) is 113 cm³/mol. The van der Waals surface area contributed by atoms with E-state index in [2.05, 4.69) is 5.32 Å². The van der Waals surface area contributed by atoms with Gasteiger partial charge in [0.1, 0.15) is 0 Å². The summed E-state index contributed by atoms with van der Waals surface area (Å²) in [7, 11) is 0. The summed E-state index contributed by atoms with van der Waals surface area (Å²) in [5, 5.41) is 21.0. The van der Waals surface area contributed by atoms with Crippen LogP contribution in [-0.4, -0.2) is 39.1 Å². The van der Waals surface area contributed by atoms with Crippen LogP contribution >= 0.6 is 11.6 Å². The molecule has 0 saturated carbocycles. The molecule has 0 fully saturated rings. The fourth-order valence-electron chi connectivity index (χ4n) is 3.63. The lowest BCUT2D eigenvalue weighted by atomic mass is 9.96. The molecule has 10 heteroatoms. The van der Waals surface area contributed by atoms with Crippen LogP contribution in [0.1, 0.15) is 40.9 Å². The van der Waals surface area contributed by atoms with Gasteiger partial charge in [0.2, 0.25) is 5.91 Å². The maximum atomic E-state index is 15.0. The second-order valence-electron chi connectivity index (χ2n) is 7.22. The van der Waals surface area contributed by atoms with Crippen molar-refractivity contribution < 1.29 is 33.4 Å². The monoisotopic (exact) mass is 464 g/mol. The Bertz CT molecular complexity index is 1260. The number of benzene rings is 2. The highest BCUT2D eigenvalue weighted by molar-refractivity contribution is 6.31. The van der Waals surface area contributed by atoms with Gasteiger partial charge in [-0.2, -0.15) is 0 Å². The molecule has 7 nitrogen and oxygen atoms in total. The van der Waals surface area contributed by atoms with E-state index in [1.54, 1.807) is 12.1 Å². The topological polar surface area (TPSA) is 109 Å². The number of hydrogen-bond donors (Lipinski definition) is 3. The number of phenolic OH excluding ortho intramolecular Hbond substituents is 1. The number of aliphatic carboxylic acids is 1. The van der Waals surface area contributed by atoms with E-state index < -0.39 is 41.1 Å². The minimum atomic E-state index is -1.30. The highest BCUT2D eigenvalue weighted by Gasteiger charge is 2.30. The second-order valence-corrected chi connectivity index (χ2v) is 7.66. The fourth-order valence-corrected chi connectivity index (χ4v) is 3.82. The quantitative estimate of drug-likeness (QED) is 0.511. The van der Waals surface area contributed by atoms with Crippen molar-refractivity contribution in [2.24, 2.45) is 0 Å². The van der Waals surface area contributed by atoms with Crippen molar-refractivity contribution in [1.82, 2.24) is 9.88 Å². The molecule has 1 atom stereocenters. The molecule has 0 aliphatic carbocycles. The van der Waals surface area contributed by atoms with E-state index in [1.807, 2.05) is 0 Å². The highest BCUT2D eigenvalue weighted by atomic mass is 35.5. The molecule has 3 rings (SSSR count). The average molecular weight is 465 g/mol. The van der Waals surface area contributed by atoms with Gasteiger partial charge in [0.15, 0.2) is 17.4 Å². The van der Waals surface area contributed by atoms with Gasteiger partial charge in [0, 0.05) is 34.3 Å². The maximum absolute atomic E-state index is 15.0. The van der Waals surface area contributed by atoms with Gasteiger partial charge in [-0.1, -0.05) is 17.7 Å². The number of carbonyl (C=O) groups excluding carboxylic acids is 2. The van der Waals surface area contributed by atoms with Gasteiger partial charge >= 0.3 is 5.97 Å². The number of aromatic nitrogens is 1. The lowest BCUT2D eigenvalue weighted by Gasteiger charge is -2.13. The van der Waals surface area contributed by atoms with Crippen LogP contribution in [0.25, 0.3) is 10.9 Å². The zero-order valence-corrected chi connectivity index (χ0v) is 17.8. The zero-order valence-electron chi connectivity index (χ0n) is 17.1. The third-order valence-corrected chi connectivity index (χ3v) is 5.38. The number of carbonyl (C=O) groups is 3. The minimum Gasteiger partial charge on any atom is -0.503 e. The van der Waals surface area contributed by atoms with E-state index in [1.165, 1.54) is 26.0 Å². The molecule has 1 heterocycles. The number of rotatable bonds is 6. The van der Waals surface area contributed by atoms with Gasteiger partial charge in [0.25, 0.3) is 5.91 Å². The number of halogens is 3. The molecule has 0 saturated heterocycles. The Morgan fingerprint density at radius 1 is 1.22 bits per heavy atom. The maximum Gasteiger partial charge on any atom is 0.305 e. The van der Waals surface area contributed by atoms with Crippen LogP contribution in [-0.2, 0) is 9.59 Å². The molecular formula is C22H19ClF2N2O5. The molecule has 3 N–H and O–H groups in total. The van der Waals surface area contributed by atoms with Crippen molar-refractivity contribution in [2.45, 2.75) is 26.2 Å². The van der Waals surface area contributed by atoms with Gasteiger partial charge < -0.3 is 15.5 Å². The Morgan fingerprint density at radius 3 is 2.53 bits per heavy atom. The van der Waals surface area contributed by atoms with Crippen molar-refractivity contribution in [1.29, 1.82) is 0 Å². The van der Waals surface area contributed by atoms with Crippen molar-refractivity contribution in [3.63, 3.8) is 0 Å². The number of phenols is 1. The molecule has 0 aliphatic rings. The van der Waals surface area contributed by atoms with Gasteiger partial charge in [-0.15, -0.1) is 0 Å². The molecule has 2 aromatic carbocycles. The first kappa shape index (κ1) is 23.2. The van der Waals surface area contributed by atoms with Crippen LogP contribution in [0.4, 0.5) is 8.78 Å². The molecule has 1 amide bonds. The Kier molecular flexibility index (Phi) is 6.50. The number of carboxylic acids is 1. The van der Waals surface area contributed by atoms with E-state index in [4.69, 9.17) is 16.7 Å². The standard InChI is InChI=1S/C22H19ClF2N2O5/c1-10(21(31)26-7-6-16(28)29)17-11(2)27(22(32)12-4-3-5-13(23)8-12)15-9-14(24)20(30)19(25)18(15)17/h3-5,8-10,30H,6-7H2,1-2H3,(H,26,31)(H,28,29). The van der Waals surface area contributed by atoms with Crippen molar-refractivity contribution in [3.8, 4) is 5.75 Å². The summed E-state index contributed by atoms with van der Waals surface area (Å²) in [6.45, 7) is 2.75. The van der Waals surface area contributed by atoms with Crippen LogP contribution in [0.2, 0.25) is 5.02 Å². The summed E-state index contributed by atoms with van der Waals surface area (Å²) >= 11 is 5.96. The molecule has 1 unspecified atom stereocenters. The third kappa shape index (κ3) is 4.16. The largest absolute Gasteiger partial charge is 0.503 e.